The number of benzene rings is 3. The maximum absolute atomic E-state index is 6.14. The van der Waals surface area contributed by atoms with Gasteiger partial charge in [-0.1, -0.05) is 41.9 Å². The first-order valence-corrected chi connectivity index (χ1v) is 9.14. The number of fused-ring (bicyclic) bond motifs is 1. The quantitative estimate of drug-likeness (QED) is 0.406. The molecule has 0 atom stereocenters. The smallest absolute Gasteiger partial charge is 0.227 e. The molecule has 0 spiro atoms. The summed E-state index contributed by atoms with van der Waals surface area (Å²) in [5, 5.41) is 4.78. The van der Waals surface area contributed by atoms with Crippen molar-refractivity contribution in [3.05, 3.63) is 83.5 Å². The van der Waals surface area contributed by atoms with E-state index in [1.165, 1.54) is 0 Å². The van der Waals surface area contributed by atoms with Crippen LogP contribution in [-0.2, 0) is 6.61 Å². The molecule has 1 aromatic heterocycles. The Morgan fingerprint density at radius 1 is 0.966 bits per heavy atom. The minimum absolute atomic E-state index is 0. The summed E-state index contributed by atoms with van der Waals surface area (Å²) in [4.78, 5) is 8.86. The van der Waals surface area contributed by atoms with Gasteiger partial charge in [-0.2, -0.15) is 0 Å². The van der Waals surface area contributed by atoms with E-state index in [1.807, 2.05) is 60.7 Å². The van der Waals surface area contributed by atoms with E-state index < -0.39 is 0 Å². The molecular weight excluding hydrogens is 409 g/mol. The van der Waals surface area contributed by atoms with Gasteiger partial charge in [-0.15, -0.1) is 12.4 Å². The average Bonchev–Trinajstić information content (AvgIpc) is 2.73. The highest BCUT2D eigenvalue weighted by Gasteiger charge is 2.08. The molecule has 5 nitrogen and oxygen atoms in total. The van der Waals surface area contributed by atoms with Gasteiger partial charge in [0.05, 0.1) is 17.6 Å². The molecule has 3 aromatic carbocycles. The Labute approximate surface area is 180 Å². The lowest BCUT2D eigenvalue weighted by molar-refractivity contribution is 0.297. The van der Waals surface area contributed by atoms with Gasteiger partial charge >= 0.3 is 0 Å². The van der Waals surface area contributed by atoms with Crippen molar-refractivity contribution in [2.45, 2.75) is 6.61 Å². The van der Waals surface area contributed by atoms with E-state index in [2.05, 4.69) is 15.3 Å². The van der Waals surface area contributed by atoms with Crippen molar-refractivity contribution < 1.29 is 9.47 Å². The second-order valence-electron chi connectivity index (χ2n) is 6.12. The normalized spacial score (nSPS) is 10.3. The first kappa shape index (κ1) is 20.7. The predicted molar refractivity (Wildman–Crippen MR) is 119 cm³/mol. The summed E-state index contributed by atoms with van der Waals surface area (Å²) in [6.07, 6.45) is 1.81. The molecule has 1 heterocycles. The first-order chi connectivity index (χ1) is 13.7. The summed E-state index contributed by atoms with van der Waals surface area (Å²) in [5.41, 5.74) is 2.67. The van der Waals surface area contributed by atoms with Crippen molar-refractivity contribution >= 4 is 46.5 Å². The average molecular weight is 428 g/mol. The Morgan fingerprint density at radius 2 is 1.76 bits per heavy atom. The van der Waals surface area contributed by atoms with Gasteiger partial charge in [0.1, 0.15) is 18.1 Å². The van der Waals surface area contributed by atoms with Gasteiger partial charge in [0.25, 0.3) is 0 Å². The highest BCUT2D eigenvalue weighted by atomic mass is 35.5. The van der Waals surface area contributed by atoms with Gasteiger partial charge in [-0.05, 0) is 36.4 Å². The number of para-hydroxylation sites is 2. The fourth-order valence-corrected chi connectivity index (χ4v) is 3.12. The highest BCUT2D eigenvalue weighted by molar-refractivity contribution is 6.32. The zero-order valence-corrected chi connectivity index (χ0v) is 17.2. The van der Waals surface area contributed by atoms with Gasteiger partial charge < -0.3 is 14.8 Å². The number of halogens is 2. The Hall–Kier alpha value is -3.02. The van der Waals surface area contributed by atoms with Gasteiger partial charge in [-0.3, -0.25) is 0 Å². The monoisotopic (exact) mass is 427 g/mol. The van der Waals surface area contributed by atoms with Crippen LogP contribution in [-0.4, -0.2) is 17.1 Å². The van der Waals surface area contributed by atoms with Crippen LogP contribution in [0, 0.1) is 0 Å². The van der Waals surface area contributed by atoms with Crippen LogP contribution in [0.15, 0.2) is 72.9 Å². The molecule has 0 saturated heterocycles. The molecule has 4 aromatic rings. The molecule has 0 amide bonds. The molecule has 148 valence electrons. The molecule has 29 heavy (non-hydrogen) atoms. The lowest BCUT2D eigenvalue weighted by atomic mass is 10.2. The van der Waals surface area contributed by atoms with Crippen molar-refractivity contribution in [3.8, 4) is 11.5 Å². The molecule has 0 unspecified atom stereocenters. The van der Waals surface area contributed by atoms with Crippen molar-refractivity contribution in [3.63, 3.8) is 0 Å². The Bertz CT molecular complexity index is 1100. The van der Waals surface area contributed by atoms with Crippen LogP contribution in [0.1, 0.15) is 5.56 Å². The molecule has 0 bridgehead atoms. The standard InChI is InChI=1S/C22H18ClN3O2.ClH/c1-27-21-16(6-4-7-19(21)23)14-28-18-11-9-17(10-12-18)25-22-24-13-15-5-2-3-8-20(15)26-22;/h2-13H,14H2,1H3,(H,24,25,26);1H. The number of nitrogens with one attached hydrogen (secondary N) is 1. The largest absolute Gasteiger partial charge is 0.495 e. The third-order valence-electron chi connectivity index (χ3n) is 4.25. The van der Waals surface area contributed by atoms with Gasteiger partial charge in [0, 0.05) is 22.8 Å². The zero-order valence-electron chi connectivity index (χ0n) is 15.6. The minimum atomic E-state index is 0. The zero-order chi connectivity index (χ0) is 19.3. The maximum atomic E-state index is 6.14. The van der Waals surface area contributed by atoms with E-state index in [1.54, 1.807) is 19.4 Å². The second kappa shape index (κ2) is 9.45. The molecule has 0 aliphatic carbocycles. The minimum Gasteiger partial charge on any atom is -0.495 e. The molecule has 1 N–H and O–H groups in total. The van der Waals surface area contributed by atoms with E-state index in [9.17, 15) is 0 Å². The maximum Gasteiger partial charge on any atom is 0.227 e. The molecule has 0 saturated carbocycles. The second-order valence-corrected chi connectivity index (χ2v) is 6.53. The fourth-order valence-electron chi connectivity index (χ4n) is 2.85. The third kappa shape index (κ3) is 4.88. The molecule has 0 radical (unpaired) electrons. The summed E-state index contributed by atoms with van der Waals surface area (Å²) in [6, 6.07) is 21.1. The fraction of sp³-hybridized carbons (Fsp3) is 0.0909. The number of nitrogens with zero attached hydrogens (tertiary/aromatic N) is 2. The van der Waals surface area contributed by atoms with Crippen LogP contribution in [0.5, 0.6) is 11.5 Å². The number of aromatic nitrogens is 2. The van der Waals surface area contributed by atoms with Crippen molar-refractivity contribution in [2.75, 3.05) is 12.4 Å². The van der Waals surface area contributed by atoms with E-state index in [4.69, 9.17) is 21.1 Å². The summed E-state index contributed by atoms with van der Waals surface area (Å²) in [6.45, 7) is 0.365. The number of anilines is 2. The van der Waals surface area contributed by atoms with Crippen LogP contribution in [0.4, 0.5) is 11.6 Å². The SMILES string of the molecule is COc1c(Cl)cccc1COc1ccc(Nc2ncc3ccccc3n2)cc1.Cl. The van der Waals surface area contributed by atoms with Crippen molar-refractivity contribution in [2.24, 2.45) is 0 Å². The lowest BCUT2D eigenvalue weighted by Gasteiger charge is -2.12. The van der Waals surface area contributed by atoms with Crippen molar-refractivity contribution in [1.82, 2.24) is 9.97 Å². The van der Waals surface area contributed by atoms with Crippen LogP contribution in [0.25, 0.3) is 10.9 Å². The van der Waals surface area contributed by atoms with Crippen LogP contribution >= 0.6 is 24.0 Å². The number of methoxy groups -OCH3 is 1. The number of hydrogen-bond acceptors (Lipinski definition) is 5. The highest BCUT2D eigenvalue weighted by Crippen LogP contribution is 2.29. The summed E-state index contributed by atoms with van der Waals surface area (Å²) in [5.74, 6) is 1.93. The Balaban J connectivity index is 0.00000240. The summed E-state index contributed by atoms with van der Waals surface area (Å²) < 4.78 is 11.2. The van der Waals surface area contributed by atoms with E-state index in [-0.39, 0.29) is 12.4 Å². The van der Waals surface area contributed by atoms with Gasteiger partial charge in [0.2, 0.25) is 5.95 Å². The van der Waals surface area contributed by atoms with E-state index in [0.717, 1.165) is 27.9 Å². The van der Waals surface area contributed by atoms with Crippen LogP contribution < -0.4 is 14.8 Å². The lowest BCUT2D eigenvalue weighted by Crippen LogP contribution is -2.00. The molecular formula is C22H19Cl2N3O2. The van der Waals surface area contributed by atoms with Gasteiger partial charge in [-0.25, -0.2) is 9.97 Å². The van der Waals surface area contributed by atoms with E-state index >= 15 is 0 Å². The van der Waals surface area contributed by atoms with Crippen LogP contribution in [0.2, 0.25) is 5.02 Å². The molecule has 0 aliphatic rings. The molecule has 4 rings (SSSR count). The summed E-state index contributed by atoms with van der Waals surface area (Å²) in [7, 11) is 1.60. The van der Waals surface area contributed by atoms with Crippen LogP contribution in [0.3, 0.4) is 0 Å². The first-order valence-electron chi connectivity index (χ1n) is 8.76. The van der Waals surface area contributed by atoms with Gasteiger partial charge in [0.15, 0.2) is 0 Å². The Morgan fingerprint density at radius 3 is 2.55 bits per heavy atom. The number of rotatable bonds is 6. The molecule has 0 fully saturated rings. The topological polar surface area (TPSA) is 56.3 Å². The van der Waals surface area contributed by atoms with Crippen molar-refractivity contribution in [1.29, 1.82) is 0 Å². The van der Waals surface area contributed by atoms with E-state index in [0.29, 0.717) is 23.3 Å². The number of ether oxygens (including phenoxy) is 2. The molecule has 7 heteroatoms. The summed E-state index contributed by atoms with van der Waals surface area (Å²) >= 11 is 6.14. The third-order valence-corrected chi connectivity index (χ3v) is 4.54. The Kier molecular flexibility index (Phi) is 6.75. The predicted octanol–water partition coefficient (Wildman–Crippen LogP) is 6.04. The number of hydrogen-bond donors (Lipinski definition) is 1. The molecule has 0 aliphatic heterocycles.